The number of carbonyl (C=O) groups excluding carboxylic acids is 1. The largest absolute Gasteiger partial charge is 0.481 e. The SMILES string of the molecule is O=C(O)CCC(=O)NC1CCCN(c2ccccc2F)C1. The van der Waals surface area contributed by atoms with Crippen molar-refractivity contribution < 1.29 is 19.1 Å². The van der Waals surface area contributed by atoms with Crippen LogP contribution in [0.1, 0.15) is 25.7 Å². The van der Waals surface area contributed by atoms with E-state index in [1.54, 1.807) is 18.2 Å². The first-order valence-corrected chi connectivity index (χ1v) is 7.07. The van der Waals surface area contributed by atoms with Crippen LogP contribution in [0.15, 0.2) is 24.3 Å². The number of halogens is 1. The fraction of sp³-hybridized carbons (Fsp3) is 0.467. The minimum absolute atomic E-state index is 0.0223. The molecule has 1 aliphatic rings. The molecule has 1 amide bonds. The third-order valence-electron chi connectivity index (χ3n) is 3.55. The summed E-state index contributed by atoms with van der Waals surface area (Å²) in [6, 6.07) is 6.51. The quantitative estimate of drug-likeness (QED) is 0.868. The molecule has 1 fully saturated rings. The van der Waals surface area contributed by atoms with Gasteiger partial charge in [-0.15, -0.1) is 0 Å². The molecule has 5 nitrogen and oxygen atoms in total. The molecule has 1 aliphatic heterocycles. The molecule has 0 saturated carbocycles. The number of amides is 1. The Balaban J connectivity index is 1.90. The average molecular weight is 294 g/mol. The molecule has 114 valence electrons. The van der Waals surface area contributed by atoms with Crippen molar-refractivity contribution in [2.75, 3.05) is 18.0 Å². The van der Waals surface area contributed by atoms with Gasteiger partial charge in [0.25, 0.3) is 0 Å². The van der Waals surface area contributed by atoms with Crippen LogP contribution < -0.4 is 10.2 Å². The van der Waals surface area contributed by atoms with Gasteiger partial charge in [-0.1, -0.05) is 12.1 Å². The van der Waals surface area contributed by atoms with Crippen molar-refractivity contribution in [3.05, 3.63) is 30.1 Å². The second-order valence-corrected chi connectivity index (χ2v) is 5.20. The van der Waals surface area contributed by atoms with Crippen LogP contribution in [-0.2, 0) is 9.59 Å². The Bertz CT molecular complexity index is 521. The molecule has 1 heterocycles. The second kappa shape index (κ2) is 7.06. The fourth-order valence-corrected chi connectivity index (χ4v) is 2.54. The number of carboxylic acid groups (broad SMARTS) is 1. The van der Waals surface area contributed by atoms with Crippen molar-refractivity contribution in [1.82, 2.24) is 5.32 Å². The van der Waals surface area contributed by atoms with Crippen LogP contribution in [-0.4, -0.2) is 36.1 Å². The lowest BCUT2D eigenvalue weighted by Gasteiger charge is -2.34. The van der Waals surface area contributed by atoms with Gasteiger partial charge in [0.05, 0.1) is 12.1 Å². The summed E-state index contributed by atoms with van der Waals surface area (Å²) in [5.41, 5.74) is 0.544. The molecule has 1 saturated heterocycles. The Kier molecular flexibility index (Phi) is 5.14. The normalized spacial score (nSPS) is 18.3. The molecular weight excluding hydrogens is 275 g/mol. The highest BCUT2D eigenvalue weighted by Crippen LogP contribution is 2.22. The number of benzene rings is 1. The van der Waals surface area contributed by atoms with Crippen LogP contribution in [0, 0.1) is 5.82 Å². The molecule has 1 aromatic rings. The van der Waals surface area contributed by atoms with Gasteiger partial charge >= 0.3 is 5.97 Å². The van der Waals surface area contributed by atoms with Crippen LogP contribution in [0.3, 0.4) is 0 Å². The van der Waals surface area contributed by atoms with Gasteiger partial charge in [0.2, 0.25) is 5.91 Å². The molecule has 0 aromatic heterocycles. The number of carboxylic acids is 1. The number of rotatable bonds is 5. The Morgan fingerprint density at radius 3 is 2.81 bits per heavy atom. The van der Waals surface area contributed by atoms with Crippen LogP contribution >= 0.6 is 0 Å². The summed E-state index contributed by atoms with van der Waals surface area (Å²) in [5, 5.41) is 11.4. The summed E-state index contributed by atoms with van der Waals surface area (Å²) < 4.78 is 13.8. The van der Waals surface area contributed by atoms with Crippen molar-refractivity contribution in [3.63, 3.8) is 0 Å². The van der Waals surface area contributed by atoms with Crippen LogP contribution in [0.2, 0.25) is 0 Å². The lowest BCUT2D eigenvalue weighted by Crippen LogP contribution is -2.48. The highest BCUT2D eigenvalue weighted by atomic mass is 19.1. The number of hydrogen-bond donors (Lipinski definition) is 2. The maximum absolute atomic E-state index is 13.8. The van der Waals surface area contributed by atoms with Gasteiger partial charge in [0.15, 0.2) is 0 Å². The number of piperidine rings is 1. The van der Waals surface area contributed by atoms with E-state index in [1.807, 2.05) is 4.90 Å². The molecule has 1 aromatic carbocycles. The van der Waals surface area contributed by atoms with Gasteiger partial charge in [-0.25, -0.2) is 4.39 Å². The minimum atomic E-state index is -0.984. The third-order valence-corrected chi connectivity index (χ3v) is 3.55. The van der Waals surface area contributed by atoms with Crippen molar-refractivity contribution in [2.24, 2.45) is 0 Å². The number of hydrogen-bond acceptors (Lipinski definition) is 3. The zero-order chi connectivity index (χ0) is 15.2. The molecule has 0 spiro atoms. The Morgan fingerprint density at radius 1 is 1.33 bits per heavy atom. The second-order valence-electron chi connectivity index (χ2n) is 5.20. The molecule has 1 unspecified atom stereocenters. The van der Waals surface area contributed by atoms with Gasteiger partial charge in [0, 0.05) is 25.6 Å². The maximum Gasteiger partial charge on any atom is 0.303 e. The standard InChI is InChI=1S/C15H19FN2O3/c16-12-5-1-2-6-13(12)18-9-3-4-11(10-18)17-14(19)7-8-15(20)21/h1-2,5-6,11H,3-4,7-10H2,(H,17,19)(H,20,21). The van der Waals surface area contributed by atoms with Gasteiger partial charge in [0.1, 0.15) is 5.82 Å². The average Bonchev–Trinajstić information content (AvgIpc) is 2.46. The molecule has 2 rings (SSSR count). The predicted octanol–water partition coefficient (Wildman–Crippen LogP) is 1.78. The van der Waals surface area contributed by atoms with E-state index in [1.165, 1.54) is 6.07 Å². The zero-order valence-electron chi connectivity index (χ0n) is 11.7. The first-order valence-electron chi connectivity index (χ1n) is 7.07. The molecular formula is C15H19FN2O3. The van der Waals surface area contributed by atoms with Gasteiger partial charge in [-0.2, -0.15) is 0 Å². The van der Waals surface area contributed by atoms with E-state index < -0.39 is 5.97 Å². The van der Waals surface area contributed by atoms with E-state index in [0.717, 1.165) is 19.4 Å². The van der Waals surface area contributed by atoms with E-state index in [4.69, 9.17) is 5.11 Å². The van der Waals surface area contributed by atoms with Crippen molar-refractivity contribution in [3.8, 4) is 0 Å². The predicted molar refractivity (Wildman–Crippen MR) is 76.6 cm³/mol. The number of carbonyl (C=O) groups is 2. The minimum Gasteiger partial charge on any atom is -0.481 e. The first-order chi connectivity index (χ1) is 10.1. The monoisotopic (exact) mass is 294 g/mol. The van der Waals surface area contributed by atoms with E-state index in [9.17, 15) is 14.0 Å². The molecule has 1 atom stereocenters. The van der Waals surface area contributed by atoms with Crippen molar-refractivity contribution in [2.45, 2.75) is 31.7 Å². The number of para-hydroxylation sites is 1. The summed E-state index contributed by atoms with van der Waals surface area (Å²) in [7, 11) is 0. The molecule has 6 heteroatoms. The lowest BCUT2D eigenvalue weighted by atomic mass is 10.0. The van der Waals surface area contributed by atoms with Gasteiger partial charge in [-0.3, -0.25) is 9.59 Å². The zero-order valence-corrected chi connectivity index (χ0v) is 11.7. The summed E-state index contributed by atoms with van der Waals surface area (Å²) in [6.45, 7) is 1.29. The number of nitrogens with one attached hydrogen (secondary N) is 1. The van der Waals surface area contributed by atoms with Crippen LogP contribution in [0.4, 0.5) is 10.1 Å². The lowest BCUT2D eigenvalue weighted by molar-refractivity contribution is -0.138. The van der Waals surface area contributed by atoms with E-state index in [0.29, 0.717) is 12.2 Å². The maximum atomic E-state index is 13.8. The van der Waals surface area contributed by atoms with E-state index in [2.05, 4.69) is 5.32 Å². The molecule has 0 bridgehead atoms. The van der Waals surface area contributed by atoms with Crippen LogP contribution in [0.25, 0.3) is 0 Å². The Labute approximate surface area is 122 Å². The fourth-order valence-electron chi connectivity index (χ4n) is 2.54. The van der Waals surface area contributed by atoms with E-state index in [-0.39, 0.29) is 30.6 Å². The summed E-state index contributed by atoms with van der Waals surface area (Å²) in [6.07, 6.45) is 1.49. The number of aliphatic carboxylic acids is 1. The number of anilines is 1. The third kappa shape index (κ3) is 4.44. The Hall–Kier alpha value is -2.11. The summed E-state index contributed by atoms with van der Waals surface area (Å²) >= 11 is 0. The highest BCUT2D eigenvalue weighted by Gasteiger charge is 2.23. The number of nitrogens with zero attached hydrogens (tertiary/aromatic N) is 1. The van der Waals surface area contributed by atoms with Crippen LogP contribution in [0.5, 0.6) is 0 Å². The molecule has 0 radical (unpaired) electrons. The van der Waals surface area contributed by atoms with Crippen molar-refractivity contribution in [1.29, 1.82) is 0 Å². The Morgan fingerprint density at radius 2 is 2.10 bits per heavy atom. The van der Waals surface area contributed by atoms with Crippen molar-refractivity contribution >= 4 is 17.6 Å². The topological polar surface area (TPSA) is 69.6 Å². The molecule has 2 N–H and O–H groups in total. The summed E-state index contributed by atoms with van der Waals surface area (Å²) in [5.74, 6) is -1.52. The first kappa shape index (κ1) is 15.3. The van der Waals surface area contributed by atoms with E-state index >= 15 is 0 Å². The molecule has 0 aliphatic carbocycles. The van der Waals surface area contributed by atoms with Gasteiger partial charge < -0.3 is 15.3 Å². The highest BCUT2D eigenvalue weighted by molar-refractivity contribution is 5.80. The van der Waals surface area contributed by atoms with Gasteiger partial charge in [-0.05, 0) is 25.0 Å². The molecule has 21 heavy (non-hydrogen) atoms. The smallest absolute Gasteiger partial charge is 0.303 e. The summed E-state index contributed by atoms with van der Waals surface area (Å²) in [4.78, 5) is 24.0.